The highest BCUT2D eigenvalue weighted by molar-refractivity contribution is 6.06. The largest absolute Gasteiger partial charge is 0.493 e. The van der Waals surface area contributed by atoms with Gasteiger partial charge in [0.25, 0.3) is 0 Å². The summed E-state index contributed by atoms with van der Waals surface area (Å²) in [6.07, 6.45) is 9.82. The van der Waals surface area contributed by atoms with Crippen LogP contribution in [0.2, 0.25) is 0 Å². The summed E-state index contributed by atoms with van der Waals surface area (Å²) in [7, 11) is 3.16. The molecule has 2 aromatic carbocycles. The molecule has 12 atom stereocenters. The first kappa shape index (κ1) is 44.4. The summed E-state index contributed by atoms with van der Waals surface area (Å²) in [5.41, 5.74) is 2.67. The smallest absolute Gasteiger partial charge is 0.312 e. The van der Waals surface area contributed by atoms with Crippen molar-refractivity contribution in [3.63, 3.8) is 0 Å². The van der Waals surface area contributed by atoms with E-state index in [9.17, 15) is 24.9 Å². The Morgan fingerprint density at radius 3 is 2.24 bits per heavy atom. The average Bonchev–Trinajstić information content (AvgIpc) is 3.68. The number of benzene rings is 2. The summed E-state index contributed by atoms with van der Waals surface area (Å²) in [4.78, 5) is 26.3. The maximum absolute atomic E-state index is 13.5. The first-order valence-corrected chi connectivity index (χ1v) is 23.8. The molecule has 0 amide bonds. The van der Waals surface area contributed by atoms with E-state index in [-0.39, 0.29) is 57.1 Å². The molecule has 0 radical (unpaired) electrons. The third kappa shape index (κ3) is 6.28. The Labute approximate surface area is 374 Å². The van der Waals surface area contributed by atoms with Gasteiger partial charge in [-0.15, -0.1) is 0 Å². The number of methoxy groups -OCH3 is 2. The minimum atomic E-state index is -1.04. The molecule has 10 rings (SSSR count). The standard InChI is InChI=1S/C30H48O4.C23H24O6/c1-25(2)14-15-30(24(33)34)19(16-25)18-8-9-21-27(5)12-11-22(31)26(3,4)20(27)10-13-28(21,6)29(18,7)17-23(30)32;1-11(2)16-8-14-15(28-16)6-5-12-22(24)21-13-7-18(25-3)19(26-4)9-17(13)27-10-20(21)29-23(12)14/h8,19-23,31-32H,9-17H2,1-7H3,(H,33,34);5-7,9,11,16,20-21H,8,10H2,1-4H3. The van der Waals surface area contributed by atoms with Crippen molar-refractivity contribution in [2.75, 3.05) is 20.8 Å². The second-order valence-corrected chi connectivity index (χ2v) is 23.2. The second kappa shape index (κ2) is 14.9. The van der Waals surface area contributed by atoms with Gasteiger partial charge in [-0.3, -0.25) is 9.59 Å². The molecule has 10 nitrogen and oxygen atoms in total. The van der Waals surface area contributed by atoms with Gasteiger partial charge in [-0.05, 0) is 127 Å². The van der Waals surface area contributed by atoms with Crippen LogP contribution in [0.4, 0.5) is 0 Å². The van der Waals surface area contributed by atoms with Crippen LogP contribution in [-0.2, 0) is 11.2 Å². The van der Waals surface area contributed by atoms with Crippen molar-refractivity contribution in [1.82, 2.24) is 0 Å². The Balaban J connectivity index is 0.000000162. The molecule has 0 bridgehead atoms. The van der Waals surface area contributed by atoms with Crippen molar-refractivity contribution in [2.45, 2.75) is 157 Å². The second-order valence-electron chi connectivity index (χ2n) is 23.2. The first-order valence-electron chi connectivity index (χ1n) is 23.8. The Morgan fingerprint density at radius 2 is 1.56 bits per heavy atom. The monoisotopic (exact) mass is 869 g/mol. The van der Waals surface area contributed by atoms with Gasteiger partial charge in [-0.2, -0.15) is 0 Å². The topological polar surface area (TPSA) is 141 Å². The molecule has 2 aromatic rings. The predicted octanol–water partition coefficient (Wildman–Crippen LogP) is 9.99. The van der Waals surface area contributed by atoms with E-state index < -0.39 is 23.4 Å². The van der Waals surface area contributed by atoms with Crippen LogP contribution < -0.4 is 23.7 Å². The summed E-state index contributed by atoms with van der Waals surface area (Å²) < 4.78 is 29.2. The van der Waals surface area contributed by atoms with Crippen molar-refractivity contribution < 1.29 is 48.6 Å². The number of carbonyl (C=O) groups is 2. The third-order valence-corrected chi connectivity index (χ3v) is 19.1. The fraction of sp³-hybridized carbons (Fsp3) is 0.698. The molecular formula is C53H72O10. The van der Waals surface area contributed by atoms with Gasteiger partial charge in [0.15, 0.2) is 17.3 Å². The van der Waals surface area contributed by atoms with E-state index in [4.69, 9.17) is 23.7 Å². The minimum Gasteiger partial charge on any atom is -0.493 e. The van der Waals surface area contributed by atoms with Crippen molar-refractivity contribution in [2.24, 2.45) is 56.2 Å². The molecule has 3 N–H and O–H groups in total. The summed E-state index contributed by atoms with van der Waals surface area (Å²) in [6, 6.07) is 7.32. The zero-order valence-electron chi connectivity index (χ0n) is 39.6. The molecule has 10 heteroatoms. The molecule has 63 heavy (non-hydrogen) atoms. The number of allylic oxidation sites excluding steroid dienone is 2. The minimum absolute atomic E-state index is 0.0218. The van der Waals surface area contributed by atoms with E-state index in [1.54, 1.807) is 20.3 Å². The van der Waals surface area contributed by atoms with Crippen molar-refractivity contribution in [3.8, 4) is 28.7 Å². The molecule has 0 spiro atoms. The Morgan fingerprint density at radius 1 is 0.841 bits per heavy atom. The van der Waals surface area contributed by atoms with Crippen LogP contribution in [0.5, 0.6) is 28.7 Å². The summed E-state index contributed by atoms with van der Waals surface area (Å²) in [6.45, 7) is 21.0. The van der Waals surface area contributed by atoms with E-state index >= 15 is 0 Å². The molecule has 0 aromatic heterocycles. The molecule has 12 unspecified atom stereocenters. The highest BCUT2D eigenvalue weighted by Crippen LogP contribution is 2.76. The van der Waals surface area contributed by atoms with Crippen LogP contribution in [0.3, 0.4) is 0 Å². The van der Waals surface area contributed by atoms with Crippen LogP contribution in [0, 0.1) is 56.2 Å². The molecule has 3 heterocycles. The average molecular weight is 869 g/mol. The van der Waals surface area contributed by atoms with E-state index in [1.807, 2.05) is 18.2 Å². The van der Waals surface area contributed by atoms with Crippen molar-refractivity contribution in [1.29, 1.82) is 0 Å². The number of ether oxygens (including phenoxy) is 5. The van der Waals surface area contributed by atoms with Gasteiger partial charge in [0, 0.05) is 23.6 Å². The van der Waals surface area contributed by atoms with Crippen LogP contribution in [0.25, 0.3) is 0 Å². The van der Waals surface area contributed by atoms with Crippen LogP contribution in [0.1, 0.15) is 148 Å². The molecule has 4 saturated carbocycles. The Kier molecular flexibility index (Phi) is 10.5. The van der Waals surface area contributed by atoms with Crippen molar-refractivity contribution in [3.05, 3.63) is 52.6 Å². The predicted molar refractivity (Wildman–Crippen MR) is 240 cm³/mol. The van der Waals surface area contributed by atoms with Crippen LogP contribution in [-0.4, -0.2) is 72.3 Å². The van der Waals surface area contributed by atoms with E-state index in [2.05, 4.69) is 68.4 Å². The maximum atomic E-state index is 13.5. The van der Waals surface area contributed by atoms with Gasteiger partial charge in [0.1, 0.15) is 41.5 Å². The lowest BCUT2D eigenvalue weighted by Gasteiger charge is -2.71. The van der Waals surface area contributed by atoms with Crippen LogP contribution in [0.15, 0.2) is 35.9 Å². The van der Waals surface area contributed by atoms with E-state index in [0.29, 0.717) is 65.8 Å². The number of hydrogen-bond donors (Lipinski definition) is 3. The Hall–Kier alpha value is -3.76. The summed E-state index contributed by atoms with van der Waals surface area (Å²) in [5.74, 6) is 3.33. The lowest BCUT2D eigenvalue weighted by atomic mass is 9.33. The fourth-order valence-corrected chi connectivity index (χ4v) is 15.2. The molecule has 8 aliphatic rings. The SMILES string of the molecule is CC1(C)CCC2(C(=O)O)C(O)CC3(C)C(=CCC4C5(C)CCC(O)C(C)(C)C5CCC43C)C2C1.COc1cc2c(cc1OC)C1C(=O)c3ccc4c(c3OC1CO2)CC(C(C)C)O4. The zero-order valence-corrected chi connectivity index (χ0v) is 39.6. The molecule has 0 saturated heterocycles. The molecule has 344 valence electrons. The number of carboxylic acid groups (broad SMARTS) is 1. The van der Waals surface area contributed by atoms with Crippen molar-refractivity contribution >= 4 is 11.8 Å². The number of rotatable bonds is 4. The number of aliphatic hydroxyl groups is 2. The number of hydrogen-bond acceptors (Lipinski definition) is 9. The van der Waals surface area contributed by atoms with E-state index in [0.717, 1.165) is 68.2 Å². The fourth-order valence-electron chi connectivity index (χ4n) is 15.2. The van der Waals surface area contributed by atoms with Gasteiger partial charge >= 0.3 is 5.97 Å². The highest BCUT2D eigenvalue weighted by Gasteiger charge is 2.71. The van der Waals surface area contributed by atoms with Gasteiger partial charge in [0.2, 0.25) is 0 Å². The highest BCUT2D eigenvalue weighted by atomic mass is 16.5. The van der Waals surface area contributed by atoms with Gasteiger partial charge in [-0.1, -0.05) is 74.0 Å². The number of carbonyl (C=O) groups excluding carboxylic acids is 1. The van der Waals surface area contributed by atoms with Crippen LogP contribution >= 0.6 is 0 Å². The normalized spacial score (nSPS) is 39.8. The van der Waals surface area contributed by atoms with Gasteiger partial charge in [0.05, 0.1) is 37.9 Å². The number of ketones is 1. The number of carboxylic acids is 1. The maximum Gasteiger partial charge on any atom is 0.312 e. The number of aliphatic carboxylic acids is 1. The number of aliphatic hydroxyl groups excluding tert-OH is 2. The zero-order chi connectivity index (χ0) is 45.4. The summed E-state index contributed by atoms with van der Waals surface area (Å²) >= 11 is 0. The lowest BCUT2D eigenvalue weighted by molar-refractivity contribution is -0.218. The lowest BCUT2D eigenvalue weighted by Crippen LogP contribution is -2.67. The molecular weight excluding hydrogens is 797 g/mol. The first-order chi connectivity index (χ1) is 29.6. The quantitative estimate of drug-likeness (QED) is 0.254. The molecule has 3 aliphatic heterocycles. The molecule has 4 fully saturated rings. The summed E-state index contributed by atoms with van der Waals surface area (Å²) in [5, 5.41) is 33.1. The Bertz CT molecular complexity index is 2220. The van der Waals surface area contributed by atoms with E-state index in [1.165, 1.54) is 5.57 Å². The molecule has 5 aliphatic carbocycles. The number of fused-ring (bicyclic) bond motifs is 13. The third-order valence-electron chi connectivity index (χ3n) is 19.1. The number of Topliss-reactive ketones (excluding diaryl/α,β-unsaturated/α-hetero) is 1. The van der Waals surface area contributed by atoms with Gasteiger partial charge in [-0.25, -0.2) is 0 Å². The van der Waals surface area contributed by atoms with Gasteiger partial charge < -0.3 is 39.0 Å².